The van der Waals surface area contributed by atoms with Crippen molar-refractivity contribution in [3.63, 3.8) is 0 Å². The maximum absolute atomic E-state index is 12.4. The van der Waals surface area contributed by atoms with Gasteiger partial charge in [-0.1, -0.05) is 59.3 Å². The minimum Gasteiger partial charge on any atom is -0.460 e. The second kappa shape index (κ2) is 10.2. The molecule has 0 aromatic carbocycles. The van der Waals surface area contributed by atoms with Gasteiger partial charge in [0.15, 0.2) is 0 Å². The van der Waals surface area contributed by atoms with Gasteiger partial charge in [-0.05, 0) is 39.5 Å². The summed E-state index contributed by atoms with van der Waals surface area (Å²) in [6.07, 6.45) is 9.18. The lowest BCUT2D eigenvalue weighted by Crippen LogP contribution is -2.30. The lowest BCUT2D eigenvalue weighted by molar-refractivity contribution is -0.161. The van der Waals surface area contributed by atoms with Crippen molar-refractivity contribution < 1.29 is 9.53 Å². The van der Waals surface area contributed by atoms with E-state index in [1.807, 2.05) is 20.8 Å². The van der Waals surface area contributed by atoms with Crippen LogP contribution in [-0.2, 0) is 9.53 Å². The highest BCUT2D eigenvalue weighted by Crippen LogP contribution is 2.27. The summed E-state index contributed by atoms with van der Waals surface area (Å²) in [7, 11) is 0. The molecule has 120 valence electrons. The summed E-state index contributed by atoms with van der Waals surface area (Å²) in [6.45, 7) is 12.5. The zero-order valence-electron chi connectivity index (χ0n) is 14.6. The molecular weight excluding hydrogens is 248 g/mol. The van der Waals surface area contributed by atoms with Gasteiger partial charge < -0.3 is 4.74 Å². The average Bonchev–Trinajstić information content (AvgIpc) is 2.36. The first-order valence-corrected chi connectivity index (χ1v) is 8.56. The fraction of sp³-hybridized carbons (Fsp3) is 0.944. The first-order chi connectivity index (χ1) is 9.34. The van der Waals surface area contributed by atoms with Crippen LogP contribution in [0.15, 0.2) is 0 Å². The average molecular weight is 284 g/mol. The number of rotatable bonds is 10. The summed E-state index contributed by atoms with van der Waals surface area (Å²) >= 11 is 0. The molecule has 2 unspecified atom stereocenters. The first-order valence-electron chi connectivity index (χ1n) is 8.56. The Morgan fingerprint density at radius 1 is 1.00 bits per heavy atom. The van der Waals surface area contributed by atoms with E-state index in [0.717, 1.165) is 25.7 Å². The van der Waals surface area contributed by atoms with E-state index in [1.165, 1.54) is 25.7 Å². The highest BCUT2D eigenvalue weighted by Gasteiger charge is 2.26. The molecule has 2 atom stereocenters. The molecule has 0 aromatic heterocycles. The summed E-state index contributed by atoms with van der Waals surface area (Å²) in [5.41, 5.74) is -0.368. The molecule has 0 aliphatic carbocycles. The zero-order valence-corrected chi connectivity index (χ0v) is 14.6. The fourth-order valence-corrected chi connectivity index (χ4v) is 2.55. The van der Waals surface area contributed by atoms with Gasteiger partial charge in [0, 0.05) is 0 Å². The van der Waals surface area contributed by atoms with Crippen molar-refractivity contribution in [3.8, 4) is 0 Å². The van der Waals surface area contributed by atoms with Crippen LogP contribution in [0.5, 0.6) is 0 Å². The maximum atomic E-state index is 12.4. The molecule has 0 amide bonds. The van der Waals surface area contributed by atoms with Crippen LogP contribution < -0.4 is 0 Å². The van der Waals surface area contributed by atoms with Gasteiger partial charge in [-0.15, -0.1) is 0 Å². The van der Waals surface area contributed by atoms with Crippen molar-refractivity contribution in [2.45, 2.75) is 98.5 Å². The van der Waals surface area contributed by atoms with Gasteiger partial charge >= 0.3 is 5.97 Å². The molecule has 2 heteroatoms. The van der Waals surface area contributed by atoms with Gasteiger partial charge in [-0.3, -0.25) is 4.79 Å². The summed E-state index contributed by atoms with van der Waals surface area (Å²) < 4.78 is 5.61. The summed E-state index contributed by atoms with van der Waals surface area (Å²) in [4.78, 5) is 12.4. The molecule has 0 aliphatic rings. The lowest BCUT2D eigenvalue weighted by atomic mass is 9.86. The van der Waals surface area contributed by atoms with Crippen molar-refractivity contribution in [3.05, 3.63) is 0 Å². The molecule has 0 bridgehead atoms. The van der Waals surface area contributed by atoms with Gasteiger partial charge in [0.2, 0.25) is 0 Å². The smallest absolute Gasteiger partial charge is 0.309 e. The first kappa shape index (κ1) is 19.5. The molecule has 0 radical (unpaired) electrons. The quantitative estimate of drug-likeness (QED) is 0.478. The SMILES string of the molecule is CCCCC(CC)CC(CCCC)C(=O)OC(C)(C)C. The normalized spacial score (nSPS) is 14.9. The third-order valence-corrected chi connectivity index (χ3v) is 3.81. The molecule has 0 saturated carbocycles. The predicted molar refractivity (Wildman–Crippen MR) is 86.8 cm³/mol. The van der Waals surface area contributed by atoms with Crippen LogP contribution in [0.25, 0.3) is 0 Å². The van der Waals surface area contributed by atoms with Crippen LogP contribution in [-0.4, -0.2) is 11.6 Å². The highest BCUT2D eigenvalue weighted by molar-refractivity contribution is 5.72. The minimum atomic E-state index is -0.368. The van der Waals surface area contributed by atoms with E-state index in [-0.39, 0.29) is 17.5 Å². The van der Waals surface area contributed by atoms with E-state index < -0.39 is 0 Å². The van der Waals surface area contributed by atoms with Crippen LogP contribution in [0.3, 0.4) is 0 Å². The Morgan fingerprint density at radius 2 is 1.55 bits per heavy atom. The third kappa shape index (κ3) is 9.39. The van der Waals surface area contributed by atoms with Gasteiger partial charge in [0.05, 0.1) is 5.92 Å². The van der Waals surface area contributed by atoms with Crippen LogP contribution in [0.1, 0.15) is 92.9 Å². The van der Waals surface area contributed by atoms with E-state index >= 15 is 0 Å². The molecule has 0 aliphatic heterocycles. The molecule has 0 fully saturated rings. The van der Waals surface area contributed by atoms with E-state index in [4.69, 9.17) is 4.74 Å². The standard InChI is InChI=1S/C18H36O2/c1-7-10-12-15(9-3)14-16(13-11-8-2)17(19)20-18(4,5)6/h15-16H,7-14H2,1-6H3. The summed E-state index contributed by atoms with van der Waals surface area (Å²) in [5.74, 6) is 0.779. The van der Waals surface area contributed by atoms with Gasteiger partial charge in [-0.2, -0.15) is 0 Å². The van der Waals surface area contributed by atoms with E-state index in [1.54, 1.807) is 0 Å². The van der Waals surface area contributed by atoms with E-state index in [0.29, 0.717) is 5.92 Å². The molecule has 0 saturated heterocycles. The number of unbranched alkanes of at least 4 members (excludes halogenated alkanes) is 2. The Labute approximate surface area is 126 Å². The van der Waals surface area contributed by atoms with Gasteiger partial charge in [-0.25, -0.2) is 0 Å². The van der Waals surface area contributed by atoms with Crippen molar-refractivity contribution in [2.24, 2.45) is 11.8 Å². The van der Waals surface area contributed by atoms with Gasteiger partial charge in [0.25, 0.3) is 0 Å². The molecule has 0 rings (SSSR count). The van der Waals surface area contributed by atoms with Crippen molar-refractivity contribution >= 4 is 5.97 Å². The van der Waals surface area contributed by atoms with Crippen molar-refractivity contribution in [1.29, 1.82) is 0 Å². The summed E-state index contributed by atoms with van der Waals surface area (Å²) in [6, 6.07) is 0. The molecule has 0 heterocycles. The third-order valence-electron chi connectivity index (χ3n) is 3.81. The summed E-state index contributed by atoms with van der Waals surface area (Å²) in [5, 5.41) is 0. The predicted octanol–water partition coefficient (Wildman–Crippen LogP) is 5.74. The number of carbonyl (C=O) groups excluding carboxylic acids is 1. The number of ether oxygens (including phenoxy) is 1. The van der Waals surface area contributed by atoms with E-state index in [2.05, 4.69) is 20.8 Å². The Bertz CT molecular complexity index is 253. The Hall–Kier alpha value is -0.530. The lowest BCUT2D eigenvalue weighted by Gasteiger charge is -2.26. The molecule has 0 N–H and O–H groups in total. The molecule has 0 spiro atoms. The van der Waals surface area contributed by atoms with E-state index in [9.17, 15) is 4.79 Å². The van der Waals surface area contributed by atoms with Crippen LogP contribution >= 0.6 is 0 Å². The number of carbonyl (C=O) groups is 1. The monoisotopic (exact) mass is 284 g/mol. The minimum absolute atomic E-state index is 0.0147. The molecule has 2 nitrogen and oxygen atoms in total. The van der Waals surface area contributed by atoms with Crippen LogP contribution in [0.4, 0.5) is 0 Å². The van der Waals surface area contributed by atoms with Gasteiger partial charge in [0.1, 0.15) is 5.60 Å². The Kier molecular flexibility index (Phi) is 9.96. The second-order valence-electron chi connectivity index (χ2n) is 7.02. The second-order valence-corrected chi connectivity index (χ2v) is 7.02. The number of esters is 1. The number of hydrogen-bond acceptors (Lipinski definition) is 2. The van der Waals surface area contributed by atoms with Crippen molar-refractivity contribution in [2.75, 3.05) is 0 Å². The Balaban J connectivity index is 4.55. The highest BCUT2D eigenvalue weighted by atomic mass is 16.6. The molecule has 0 aromatic rings. The molecule has 20 heavy (non-hydrogen) atoms. The largest absolute Gasteiger partial charge is 0.460 e. The zero-order chi connectivity index (χ0) is 15.6. The van der Waals surface area contributed by atoms with Crippen LogP contribution in [0, 0.1) is 11.8 Å². The maximum Gasteiger partial charge on any atom is 0.309 e. The van der Waals surface area contributed by atoms with Crippen molar-refractivity contribution in [1.82, 2.24) is 0 Å². The number of hydrogen-bond donors (Lipinski definition) is 0. The molecular formula is C18H36O2. The Morgan fingerprint density at radius 3 is 2.00 bits per heavy atom. The van der Waals surface area contributed by atoms with Crippen LogP contribution in [0.2, 0.25) is 0 Å². The fourth-order valence-electron chi connectivity index (χ4n) is 2.55. The topological polar surface area (TPSA) is 26.3 Å².